The Kier molecular flexibility index (Phi) is 8.02. The lowest BCUT2D eigenvalue weighted by Gasteiger charge is -2.21. The number of benzene rings is 2. The first kappa shape index (κ1) is 24.7. The Morgan fingerprint density at radius 3 is 2.37 bits per heavy atom. The van der Waals surface area contributed by atoms with Crippen molar-refractivity contribution in [1.29, 1.82) is 0 Å². The molecule has 0 spiro atoms. The average molecular weight is 481 g/mol. The zero-order chi connectivity index (χ0) is 24.8. The second-order valence-electron chi connectivity index (χ2n) is 9.11. The summed E-state index contributed by atoms with van der Waals surface area (Å²) in [6, 6.07) is 15.3. The molecule has 2 amide bonds. The maximum atomic E-state index is 12.7. The van der Waals surface area contributed by atoms with E-state index < -0.39 is 30.3 Å². The van der Waals surface area contributed by atoms with Crippen molar-refractivity contribution in [3.05, 3.63) is 59.7 Å². The fourth-order valence-electron chi connectivity index (χ4n) is 4.95. The Labute approximate surface area is 205 Å². The molecule has 1 heterocycles. The number of carboxylic acid groups (broad SMARTS) is 1. The molecule has 2 aromatic carbocycles. The van der Waals surface area contributed by atoms with Gasteiger partial charge in [-0.25, -0.2) is 9.59 Å². The normalized spacial score (nSPS) is 19.5. The summed E-state index contributed by atoms with van der Waals surface area (Å²) in [4.78, 5) is 36.6. The number of hydrogen-bond acceptors (Lipinski definition) is 5. The number of carbonyl (C=O) groups is 3. The lowest BCUT2D eigenvalue weighted by atomic mass is 9.98. The Balaban J connectivity index is 1.34. The van der Waals surface area contributed by atoms with E-state index in [1.165, 1.54) is 0 Å². The van der Waals surface area contributed by atoms with Gasteiger partial charge in [-0.15, -0.1) is 0 Å². The van der Waals surface area contributed by atoms with Crippen LogP contribution in [0.5, 0.6) is 0 Å². The minimum Gasteiger partial charge on any atom is -0.479 e. The van der Waals surface area contributed by atoms with E-state index in [9.17, 15) is 19.5 Å². The Morgan fingerprint density at radius 2 is 1.74 bits per heavy atom. The van der Waals surface area contributed by atoms with Gasteiger partial charge in [-0.2, -0.15) is 0 Å². The van der Waals surface area contributed by atoms with Gasteiger partial charge in [0.15, 0.2) is 6.10 Å². The third-order valence-electron chi connectivity index (χ3n) is 6.69. The molecule has 4 rings (SSSR count). The molecule has 2 aliphatic rings. The van der Waals surface area contributed by atoms with Crippen LogP contribution in [-0.2, 0) is 19.1 Å². The van der Waals surface area contributed by atoms with Crippen molar-refractivity contribution >= 4 is 18.0 Å². The van der Waals surface area contributed by atoms with E-state index in [0.717, 1.165) is 35.1 Å². The van der Waals surface area contributed by atoms with Crippen molar-refractivity contribution in [2.75, 3.05) is 13.2 Å². The number of aliphatic carboxylic acids is 1. The highest BCUT2D eigenvalue weighted by Crippen LogP contribution is 2.44. The quantitative estimate of drug-likeness (QED) is 0.476. The minimum atomic E-state index is -1.09. The lowest BCUT2D eigenvalue weighted by Crippen LogP contribution is -2.46. The molecule has 186 valence electrons. The fourth-order valence-corrected chi connectivity index (χ4v) is 4.95. The molecule has 3 N–H and O–H groups in total. The Morgan fingerprint density at radius 1 is 1.09 bits per heavy atom. The summed E-state index contributed by atoms with van der Waals surface area (Å²) in [6.45, 7) is 2.53. The Bertz CT molecular complexity index is 1030. The monoisotopic (exact) mass is 480 g/mol. The first-order valence-corrected chi connectivity index (χ1v) is 12.2. The van der Waals surface area contributed by atoms with Gasteiger partial charge in [0.1, 0.15) is 6.61 Å². The molecule has 35 heavy (non-hydrogen) atoms. The third kappa shape index (κ3) is 5.82. The highest BCUT2D eigenvalue weighted by Gasteiger charge is 2.35. The van der Waals surface area contributed by atoms with Gasteiger partial charge in [0.25, 0.3) is 0 Å². The van der Waals surface area contributed by atoms with Gasteiger partial charge >= 0.3 is 12.1 Å². The van der Waals surface area contributed by atoms with E-state index >= 15 is 0 Å². The number of nitrogens with one attached hydrogen (secondary N) is 2. The van der Waals surface area contributed by atoms with Crippen molar-refractivity contribution < 1.29 is 29.0 Å². The van der Waals surface area contributed by atoms with Gasteiger partial charge in [0.2, 0.25) is 5.91 Å². The number of rotatable bonds is 10. The number of fused-ring (bicyclic) bond motifs is 3. The molecule has 0 aromatic heterocycles. The summed E-state index contributed by atoms with van der Waals surface area (Å²) in [6.07, 6.45) is 1.28. The predicted octanol–water partition coefficient (Wildman–Crippen LogP) is 3.83. The number of ether oxygens (including phenoxy) is 2. The van der Waals surface area contributed by atoms with Crippen LogP contribution in [0.2, 0.25) is 0 Å². The molecular weight excluding hydrogens is 448 g/mol. The molecule has 1 fully saturated rings. The van der Waals surface area contributed by atoms with Crippen LogP contribution in [0.15, 0.2) is 48.5 Å². The van der Waals surface area contributed by atoms with Gasteiger partial charge in [0, 0.05) is 25.0 Å². The van der Waals surface area contributed by atoms with Crippen molar-refractivity contribution in [1.82, 2.24) is 10.6 Å². The summed E-state index contributed by atoms with van der Waals surface area (Å²) in [5, 5.41) is 14.8. The van der Waals surface area contributed by atoms with Crippen LogP contribution in [0, 0.1) is 0 Å². The molecule has 0 bridgehead atoms. The van der Waals surface area contributed by atoms with Crippen LogP contribution >= 0.6 is 0 Å². The van der Waals surface area contributed by atoms with E-state index in [2.05, 4.69) is 34.9 Å². The maximum absolute atomic E-state index is 12.7. The second-order valence-corrected chi connectivity index (χ2v) is 9.11. The van der Waals surface area contributed by atoms with Crippen LogP contribution in [-0.4, -0.2) is 54.5 Å². The molecule has 0 saturated carbocycles. The van der Waals surface area contributed by atoms with Crippen LogP contribution in [0.3, 0.4) is 0 Å². The van der Waals surface area contributed by atoms with Gasteiger partial charge in [-0.1, -0.05) is 68.3 Å². The molecular formula is C27H32N2O6. The summed E-state index contributed by atoms with van der Waals surface area (Å²) < 4.78 is 10.8. The number of hydrogen-bond donors (Lipinski definition) is 3. The standard InChI is InChI=1S/C27H32N2O6/c1-2-3-8-17(15-24(30)29-23-13-14-34-25(23)26(31)32)28-27(33)35-16-22-20-11-6-4-9-18(20)19-10-5-7-12-21(19)22/h4-7,9-12,17,22-23,25H,2-3,8,13-16H2,1H3,(H,28,33)(H,29,30)(H,31,32)/t17?,23-,25+/m1/s1. The van der Waals surface area contributed by atoms with Crippen molar-refractivity contribution in [2.45, 2.75) is 63.1 Å². The van der Waals surface area contributed by atoms with E-state index in [-0.39, 0.29) is 24.9 Å². The minimum absolute atomic E-state index is 0.0409. The first-order valence-electron chi connectivity index (χ1n) is 12.2. The van der Waals surface area contributed by atoms with E-state index in [0.29, 0.717) is 19.4 Å². The summed E-state index contributed by atoms with van der Waals surface area (Å²) >= 11 is 0. The van der Waals surface area contributed by atoms with Crippen LogP contribution in [0.1, 0.15) is 56.1 Å². The number of amides is 2. The largest absolute Gasteiger partial charge is 0.479 e. The lowest BCUT2D eigenvalue weighted by molar-refractivity contribution is -0.148. The molecule has 8 nitrogen and oxygen atoms in total. The molecule has 1 unspecified atom stereocenters. The maximum Gasteiger partial charge on any atom is 0.407 e. The van der Waals surface area contributed by atoms with Gasteiger partial charge in [-0.3, -0.25) is 4.79 Å². The average Bonchev–Trinajstić information content (AvgIpc) is 3.44. The topological polar surface area (TPSA) is 114 Å². The van der Waals surface area contributed by atoms with Gasteiger partial charge in [-0.05, 0) is 35.1 Å². The molecule has 1 aliphatic heterocycles. The molecule has 2 aromatic rings. The number of carboxylic acids is 1. The number of unbranched alkanes of at least 4 members (excludes halogenated alkanes) is 1. The SMILES string of the molecule is CCCCC(CC(=O)N[C@@H]1CCO[C@@H]1C(=O)O)NC(=O)OCC1c2ccccc2-c2ccccc21. The van der Waals surface area contributed by atoms with Gasteiger partial charge < -0.3 is 25.2 Å². The van der Waals surface area contributed by atoms with Crippen molar-refractivity contribution in [3.8, 4) is 11.1 Å². The first-order chi connectivity index (χ1) is 17.0. The molecule has 3 atom stereocenters. The highest BCUT2D eigenvalue weighted by atomic mass is 16.5. The summed E-state index contributed by atoms with van der Waals surface area (Å²) in [5.41, 5.74) is 4.58. The fraction of sp³-hybridized carbons (Fsp3) is 0.444. The van der Waals surface area contributed by atoms with E-state index in [4.69, 9.17) is 9.47 Å². The predicted molar refractivity (Wildman–Crippen MR) is 130 cm³/mol. The third-order valence-corrected chi connectivity index (χ3v) is 6.69. The number of alkyl carbamates (subject to hydrolysis) is 1. The van der Waals surface area contributed by atoms with E-state index in [1.807, 2.05) is 31.2 Å². The number of carbonyl (C=O) groups excluding carboxylic acids is 2. The molecule has 8 heteroatoms. The van der Waals surface area contributed by atoms with Gasteiger partial charge in [0.05, 0.1) is 6.04 Å². The second kappa shape index (κ2) is 11.4. The zero-order valence-electron chi connectivity index (χ0n) is 19.9. The molecule has 1 aliphatic carbocycles. The molecule has 0 radical (unpaired) electrons. The van der Waals surface area contributed by atoms with Crippen LogP contribution in [0.4, 0.5) is 4.79 Å². The van der Waals surface area contributed by atoms with Crippen molar-refractivity contribution in [3.63, 3.8) is 0 Å². The Hall–Kier alpha value is -3.39. The highest BCUT2D eigenvalue weighted by molar-refractivity contribution is 5.81. The summed E-state index contributed by atoms with van der Waals surface area (Å²) in [7, 11) is 0. The van der Waals surface area contributed by atoms with Crippen LogP contribution in [0.25, 0.3) is 11.1 Å². The van der Waals surface area contributed by atoms with Crippen LogP contribution < -0.4 is 10.6 Å². The summed E-state index contributed by atoms with van der Waals surface area (Å²) in [5.74, 6) is -1.44. The zero-order valence-corrected chi connectivity index (χ0v) is 19.9. The molecule has 1 saturated heterocycles. The van der Waals surface area contributed by atoms with Crippen molar-refractivity contribution in [2.24, 2.45) is 0 Å². The van der Waals surface area contributed by atoms with E-state index in [1.54, 1.807) is 0 Å². The smallest absolute Gasteiger partial charge is 0.407 e.